The van der Waals surface area contributed by atoms with Crippen LogP contribution < -0.4 is 0 Å². The van der Waals surface area contributed by atoms with Crippen LogP contribution in [0.5, 0.6) is 0 Å². The van der Waals surface area contributed by atoms with E-state index in [2.05, 4.69) is 0 Å². The third kappa shape index (κ3) is 19.0. The third-order valence-corrected chi connectivity index (χ3v) is 0. The summed E-state index contributed by atoms with van der Waals surface area (Å²) in [6.07, 6.45) is 0. The molecule has 32 valence electrons. The molecule has 0 radical (unpaired) electrons. The predicted molar refractivity (Wildman–Crippen MR) is 11.1 cm³/mol. The van der Waals surface area contributed by atoms with E-state index in [0.29, 0.717) is 0 Å². The minimum Gasteiger partial charge on any atom is -0.153 e. The number of hydrogen-bond donors (Lipinski definition) is 0. The largest absolute Gasteiger partial charge is 0.153 e. The van der Waals surface area contributed by atoms with Gasteiger partial charge in [0.25, 0.3) is 0 Å². The molecular weight excluding hydrogens is 766 g/mol. The van der Waals surface area contributed by atoms with Crippen molar-refractivity contribution in [2.75, 3.05) is 0 Å². The van der Waals surface area contributed by atoms with Crippen LogP contribution in [0.15, 0.2) is 0 Å². The Hall–Kier alpha value is 3.18. The summed E-state index contributed by atoms with van der Waals surface area (Å²) in [5.41, 5.74) is 0. The monoisotopic (exact) mass is 770 g/mol. The number of rotatable bonds is 0. The van der Waals surface area contributed by atoms with Crippen LogP contribution >= 0.6 is 9.90 Å². The third-order valence-electron chi connectivity index (χ3n) is 0. The zero-order chi connectivity index (χ0) is 0. The quantitative estimate of drug-likeness (QED) is 0.306. The van der Waals surface area contributed by atoms with E-state index in [1.165, 1.54) is 0 Å². The molecule has 0 spiro atoms. The van der Waals surface area contributed by atoms with Gasteiger partial charge in [0.1, 0.15) is 0 Å². The molecule has 0 aliphatic carbocycles. The van der Waals surface area contributed by atoms with Gasteiger partial charge in [0.15, 0.2) is 0 Å². The van der Waals surface area contributed by atoms with Crippen molar-refractivity contribution in [2.24, 2.45) is 0 Å². The maximum absolute atomic E-state index is 0. The van der Waals surface area contributed by atoms with Gasteiger partial charge < -0.3 is 0 Å². The molecule has 0 N–H and O–H groups in total. The summed E-state index contributed by atoms with van der Waals surface area (Å²) in [6.45, 7) is 0. The molecule has 0 saturated carbocycles. The average Bonchev–Trinajstić information content (AvgIpc) is 0. The van der Waals surface area contributed by atoms with Gasteiger partial charge in [-0.15, -0.1) is 0 Å². The summed E-state index contributed by atoms with van der Waals surface area (Å²) < 4.78 is 0. The van der Waals surface area contributed by atoms with Crippen molar-refractivity contribution in [1.82, 2.24) is 0 Å². The first-order valence-corrected chi connectivity index (χ1v) is 0. The van der Waals surface area contributed by atoms with Crippen molar-refractivity contribution in [1.29, 1.82) is 0 Å². The molecule has 0 aliphatic heterocycles. The molecule has 0 aromatic heterocycles. The van der Waals surface area contributed by atoms with Gasteiger partial charge in [0.05, 0.1) is 0 Å². The van der Waals surface area contributed by atoms with Gasteiger partial charge in [0.2, 0.25) is 0 Å². The van der Waals surface area contributed by atoms with Crippen LogP contribution in [-0.2, 0) is 84.3 Å². The van der Waals surface area contributed by atoms with Crippen molar-refractivity contribution in [3.8, 4) is 0 Å². The zero-order valence-electron chi connectivity index (χ0n) is 2.34. The predicted octanol–water partition coefficient (Wildman–Crippen LogP) is 0.0481. The molecule has 0 saturated heterocycles. The Labute approximate surface area is 92.7 Å². The smallest absolute Gasteiger partial charge is 0 e. The first-order chi connectivity index (χ1) is 0. The molecule has 0 aromatic rings. The van der Waals surface area contributed by atoms with Crippen molar-refractivity contribution in [3.63, 3.8) is 0 Å². The van der Waals surface area contributed by atoms with Crippen LogP contribution in [-0.4, -0.2) is 0 Å². The molecule has 1 unspecified atom stereocenters. The molecule has 5 heteroatoms. The van der Waals surface area contributed by atoms with Gasteiger partial charge in [0, 0.05) is 84.3 Å². The van der Waals surface area contributed by atoms with E-state index in [1.54, 1.807) is 0 Å². The fourth-order valence-corrected chi connectivity index (χ4v) is 0. The Balaban J connectivity index is 0. The Bertz CT molecular complexity index is 3.61. The topological polar surface area (TPSA) is 0 Å². The molecule has 0 rings (SSSR count). The molecule has 1 atom stereocenters. The van der Waals surface area contributed by atoms with Gasteiger partial charge in [-0.2, -0.15) is 9.90 Å². The van der Waals surface area contributed by atoms with Crippen molar-refractivity contribution in [2.45, 2.75) is 0 Å². The van der Waals surface area contributed by atoms with Crippen LogP contribution in [0.3, 0.4) is 0 Å². The molecule has 0 bridgehead atoms. The summed E-state index contributed by atoms with van der Waals surface area (Å²) in [4.78, 5) is 0. The van der Waals surface area contributed by atoms with Gasteiger partial charge in [-0.05, 0) is 0 Å². The first kappa shape index (κ1) is 41.7. The van der Waals surface area contributed by atoms with Gasteiger partial charge in [-0.3, -0.25) is 0 Å². The van der Waals surface area contributed by atoms with Crippen LogP contribution in [0.4, 0.5) is 0 Å². The maximum Gasteiger partial charge on any atom is 0 e. The molecule has 0 aliphatic rings. The standard InChI is InChI=1S/H3P.4W/h1H3;;;;. The molecule has 0 aromatic carbocycles. The minimum absolute atomic E-state index is 0. The summed E-state index contributed by atoms with van der Waals surface area (Å²) in [7, 11) is 0. The molecule has 0 heterocycles. The Morgan fingerprint density at radius 2 is 0.400 bits per heavy atom. The SMILES string of the molecule is P.[W].[W].[W].[W]. The van der Waals surface area contributed by atoms with Gasteiger partial charge in [-0.25, -0.2) is 0 Å². The minimum atomic E-state index is 0. The van der Waals surface area contributed by atoms with Crippen LogP contribution in [0.2, 0.25) is 0 Å². The Morgan fingerprint density at radius 1 is 0.400 bits per heavy atom. The molecule has 5 heavy (non-hydrogen) atoms. The van der Waals surface area contributed by atoms with Crippen molar-refractivity contribution < 1.29 is 84.3 Å². The molecule has 0 amide bonds. The second-order valence-corrected chi connectivity index (χ2v) is 0. The summed E-state index contributed by atoms with van der Waals surface area (Å²) in [5.74, 6) is 0. The van der Waals surface area contributed by atoms with E-state index < -0.39 is 0 Å². The molecule has 0 fully saturated rings. The second kappa shape index (κ2) is 27.1. The molecule has 0 nitrogen and oxygen atoms in total. The van der Waals surface area contributed by atoms with E-state index in [9.17, 15) is 0 Å². The van der Waals surface area contributed by atoms with Crippen LogP contribution in [0, 0.1) is 0 Å². The van der Waals surface area contributed by atoms with E-state index >= 15 is 0 Å². The summed E-state index contributed by atoms with van der Waals surface area (Å²) >= 11 is 0. The Morgan fingerprint density at radius 3 is 0.400 bits per heavy atom. The van der Waals surface area contributed by atoms with E-state index in [-0.39, 0.29) is 94.2 Å². The summed E-state index contributed by atoms with van der Waals surface area (Å²) in [5, 5.41) is 0. The fraction of sp³-hybridized carbons (Fsp3) is 0. The van der Waals surface area contributed by atoms with Crippen molar-refractivity contribution in [3.05, 3.63) is 0 Å². The normalized spacial score (nSPS) is 0. The fourth-order valence-electron chi connectivity index (χ4n) is 0. The zero-order valence-corrected chi connectivity index (χ0v) is 15.5. The maximum atomic E-state index is 0. The second-order valence-electron chi connectivity index (χ2n) is 0. The van der Waals surface area contributed by atoms with Crippen molar-refractivity contribution >= 4 is 9.90 Å². The average molecular weight is 769 g/mol. The molecular formula is H3PW4. The van der Waals surface area contributed by atoms with Gasteiger partial charge >= 0.3 is 0 Å². The van der Waals surface area contributed by atoms with E-state index in [0.717, 1.165) is 0 Å². The van der Waals surface area contributed by atoms with E-state index in [1.807, 2.05) is 0 Å². The Kier molecular flexibility index (Phi) is 226. The first-order valence-electron chi connectivity index (χ1n) is 0. The summed E-state index contributed by atoms with van der Waals surface area (Å²) in [6, 6.07) is 0. The van der Waals surface area contributed by atoms with E-state index in [4.69, 9.17) is 0 Å². The van der Waals surface area contributed by atoms with Gasteiger partial charge in [-0.1, -0.05) is 0 Å². The van der Waals surface area contributed by atoms with Crippen LogP contribution in [0.25, 0.3) is 0 Å². The number of hydrogen-bond acceptors (Lipinski definition) is 0. The van der Waals surface area contributed by atoms with Crippen LogP contribution in [0.1, 0.15) is 0 Å².